The molecule has 2 aromatic carbocycles. The molecule has 0 saturated carbocycles. The van der Waals surface area contributed by atoms with Crippen molar-refractivity contribution in [3.05, 3.63) is 52.4 Å². The van der Waals surface area contributed by atoms with E-state index in [1.54, 1.807) is 37.3 Å². The summed E-state index contributed by atoms with van der Waals surface area (Å²) in [6.45, 7) is 3.43. The van der Waals surface area contributed by atoms with Gasteiger partial charge in [0.05, 0.1) is 64.8 Å². The second kappa shape index (κ2) is 17.1. The van der Waals surface area contributed by atoms with Crippen LogP contribution < -0.4 is 19.5 Å². The highest BCUT2D eigenvalue weighted by Crippen LogP contribution is 2.43. The number of anilines is 1. The van der Waals surface area contributed by atoms with Crippen molar-refractivity contribution in [2.75, 3.05) is 59.7 Å². The molecule has 0 aromatic heterocycles. The Bertz CT molecular complexity index is 1340. The van der Waals surface area contributed by atoms with E-state index in [0.29, 0.717) is 59.1 Å². The van der Waals surface area contributed by atoms with Crippen LogP contribution in [-0.4, -0.2) is 73.9 Å². The molecule has 0 fully saturated rings. The molecule has 0 aliphatic rings. The Morgan fingerprint density at radius 2 is 1.60 bits per heavy atom. The minimum absolute atomic E-state index is 0.159. The van der Waals surface area contributed by atoms with Crippen LogP contribution in [0, 0.1) is 0 Å². The second-order valence-electron chi connectivity index (χ2n) is 9.02. The van der Waals surface area contributed by atoms with Gasteiger partial charge < -0.3 is 38.4 Å². The summed E-state index contributed by atoms with van der Waals surface area (Å²) in [4.78, 5) is 12.2. The summed E-state index contributed by atoms with van der Waals surface area (Å²) in [6, 6.07) is 8.02. The largest absolute Gasteiger partial charge is 0.496 e. The first kappa shape index (κ1) is 35.1. The lowest BCUT2D eigenvalue weighted by molar-refractivity contribution is -0.141. The van der Waals surface area contributed by atoms with Crippen molar-refractivity contribution in [3.8, 4) is 17.2 Å². The van der Waals surface area contributed by atoms with Gasteiger partial charge in [-0.25, -0.2) is 8.42 Å². The number of hydrogen-bond donors (Lipinski definition) is 2. The molecular formula is C28H40NO11PS. The van der Waals surface area contributed by atoms with E-state index in [4.69, 9.17) is 28.0 Å². The standard InChI is InChI=1S/C28H40NO11PS/c1-6-39-41(5,32)40-13-8-7-12-38-28(31)18-29-24-15-21(9-10-25(24)35-2)20-42(33,34)14-11-23-26(36-3)16-22(19-30)17-27(23)37-4/h9-11,14-17,29-30H,6-8,12-13,18-20H2,1-5H3/b14-11+. The predicted molar refractivity (Wildman–Crippen MR) is 160 cm³/mol. The van der Waals surface area contributed by atoms with Crippen molar-refractivity contribution in [2.45, 2.75) is 32.1 Å². The number of sulfone groups is 1. The fourth-order valence-electron chi connectivity index (χ4n) is 3.79. The van der Waals surface area contributed by atoms with E-state index in [1.807, 2.05) is 0 Å². The Morgan fingerprint density at radius 1 is 0.952 bits per heavy atom. The Balaban J connectivity index is 1.98. The minimum atomic E-state index is -3.74. The first-order valence-electron chi connectivity index (χ1n) is 13.2. The number of esters is 1. The molecule has 14 heteroatoms. The second-order valence-corrected chi connectivity index (χ2v) is 13.0. The normalized spacial score (nSPS) is 13.0. The number of methoxy groups -OCH3 is 3. The number of aliphatic hydroxyl groups is 1. The number of ether oxygens (including phenoxy) is 4. The molecule has 1 unspecified atom stereocenters. The molecule has 2 rings (SSSR count). The van der Waals surface area contributed by atoms with Crippen molar-refractivity contribution >= 4 is 35.2 Å². The zero-order valence-electron chi connectivity index (χ0n) is 24.6. The third-order valence-electron chi connectivity index (χ3n) is 5.77. The van der Waals surface area contributed by atoms with E-state index in [1.165, 1.54) is 34.1 Å². The van der Waals surface area contributed by atoms with Crippen LogP contribution in [0.25, 0.3) is 6.08 Å². The van der Waals surface area contributed by atoms with E-state index in [0.717, 1.165) is 5.41 Å². The maximum atomic E-state index is 12.9. The van der Waals surface area contributed by atoms with E-state index in [-0.39, 0.29) is 32.1 Å². The van der Waals surface area contributed by atoms with Crippen LogP contribution in [0.5, 0.6) is 17.2 Å². The molecule has 1 atom stereocenters. The van der Waals surface area contributed by atoms with E-state index in [9.17, 15) is 22.9 Å². The summed E-state index contributed by atoms with van der Waals surface area (Å²) in [5.74, 6) is 0.309. The average molecular weight is 630 g/mol. The number of hydrogen-bond acceptors (Lipinski definition) is 12. The van der Waals surface area contributed by atoms with Gasteiger partial charge in [0.15, 0.2) is 9.84 Å². The van der Waals surface area contributed by atoms with Crippen LogP contribution >= 0.6 is 7.60 Å². The summed E-state index contributed by atoms with van der Waals surface area (Å²) < 4.78 is 69.3. The smallest absolute Gasteiger partial charge is 0.327 e. The average Bonchev–Trinajstić information content (AvgIpc) is 2.96. The van der Waals surface area contributed by atoms with E-state index < -0.39 is 23.4 Å². The molecular weight excluding hydrogens is 589 g/mol. The van der Waals surface area contributed by atoms with Gasteiger partial charge in [-0.3, -0.25) is 9.36 Å². The fourth-order valence-corrected chi connectivity index (χ4v) is 5.88. The summed E-state index contributed by atoms with van der Waals surface area (Å²) >= 11 is 0. The molecule has 2 aromatic rings. The fraction of sp³-hybridized carbons (Fsp3) is 0.464. The van der Waals surface area contributed by atoms with Gasteiger partial charge >= 0.3 is 13.6 Å². The van der Waals surface area contributed by atoms with Crippen molar-refractivity contribution < 1.29 is 50.9 Å². The third-order valence-corrected chi connectivity index (χ3v) is 8.44. The van der Waals surface area contributed by atoms with Gasteiger partial charge in [-0.1, -0.05) is 6.07 Å². The van der Waals surface area contributed by atoms with Gasteiger partial charge in [-0.05, 0) is 61.2 Å². The molecule has 0 bridgehead atoms. The summed E-state index contributed by atoms with van der Waals surface area (Å²) in [5, 5.41) is 13.4. The topological polar surface area (TPSA) is 156 Å². The first-order chi connectivity index (χ1) is 20.0. The van der Waals surface area contributed by atoms with E-state index >= 15 is 0 Å². The maximum absolute atomic E-state index is 12.9. The highest BCUT2D eigenvalue weighted by molar-refractivity contribution is 7.93. The van der Waals surface area contributed by atoms with Crippen molar-refractivity contribution in [1.29, 1.82) is 0 Å². The van der Waals surface area contributed by atoms with Gasteiger partial charge in [0, 0.05) is 12.1 Å². The van der Waals surface area contributed by atoms with Gasteiger partial charge in [0.2, 0.25) is 0 Å². The van der Waals surface area contributed by atoms with Crippen LogP contribution in [0.3, 0.4) is 0 Å². The van der Waals surface area contributed by atoms with E-state index in [2.05, 4.69) is 5.32 Å². The summed E-state index contributed by atoms with van der Waals surface area (Å²) in [6.07, 6.45) is 2.45. The lowest BCUT2D eigenvalue weighted by Gasteiger charge is -2.14. The van der Waals surface area contributed by atoms with Crippen molar-refractivity contribution in [1.82, 2.24) is 0 Å². The molecule has 0 aliphatic heterocycles. The van der Waals surface area contributed by atoms with Gasteiger partial charge in [0.1, 0.15) is 23.8 Å². The number of carbonyl (C=O) groups excluding carboxylic acids is 1. The Morgan fingerprint density at radius 3 is 2.19 bits per heavy atom. The zero-order valence-corrected chi connectivity index (χ0v) is 26.3. The minimum Gasteiger partial charge on any atom is -0.496 e. The molecule has 0 amide bonds. The number of nitrogens with one attached hydrogen (secondary N) is 1. The Labute approximate surface area is 247 Å². The zero-order chi connectivity index (χ0) is 31.2. The summed E-state index contributed by atoms with van der Waals surface area (Å²) in [5.41, 5.74) is 1.87. The molecule has 0 saturated heterocycles. The predicted octanol–water partition coefficient (Wildman–Crippen LogP) is 4.40. The van der Waals surface area contributed by atoms with Crippen molar-refractivity contribution in [3.63, 3.8) is 0 Å². The van der Waals surface area contributed by atoms with Crippen LogP contribution in [0.2, 0.25) is 0 Å². The van der Waals surface area contributed by atoms with Gasteiger partial charge in [-0.15, -0.1) is 0 Å². The molecule has 0 aliphatic carbocycles. The molecule has 0 heterocycles. The molecule has 2 N–H and O–H groups in total. The number of aliphatic hydroxyl groups excluding tert-OH is 1. The van der Waals surface area contributed by atoms with Gasteiger partial charge in [-0.2, -0.15) is 0 Å². The monoisotopic (exact) mass is 629 g/mol. The molecule has 12 nitrogen and oxygen atoms in total. The molecule has 0 radical (unpaired) electrons. The molecule has 42 heavy (non-hydrogen) atoms. The number of rotatable bonds is 19. The van der Waals surface area contributed by atoms with Crippen molar-refractivity contribution in [2.24, 2.45) is 0 Å². The Hall–Kier alpha value is -3.09. The molecule has 234 valence electrons. The van der Waals surface area contributed by atoms with Crippen LogP contribution in [0.1, 0.15) is 36.5 Å². The first-order valence-corrected chi connectivity index (χ1v) is 16.9. The summed E-state index contributed by atoms with van der Waals surface area (Å²) in [7, 11) is -2.44. The maximum Gasteiger partial charge on any atom is 0.327 e. The quantitative estimate of drug-likeness (QED) is 0.128. The lowest BCUT2D eigenvalue weighted by Crippen LogP contribution is -2.18. The third kappa shape index (κ3) is 11.7. The van der Waals surface area contributed by atoms with Gasteiger partial charge in [0.25, 0.3) is 0 Å². The Kier molecular flexibility index (Phi) is 14.3. The SMILES string of the molecule is CCOP(C)(=O)OCCCCOC(=O)CNc1cc(CS(=O)(=O)/C=C/c2c(OC)cc(CO)cc2OC)ccc1OC. The highest BCUT2D eigenvalue weighted by Gasteiger charge is 2.16. The number of carbonyl (C=O) groups is 1. The van der Waals surface area contributed by atoms with Crippen LogP contribution in [0.15, 0.2) is 35.7 Å². The van der Waals surface area contributed by atoms with Crippen LogP contribution in [-0.2, 0) is 45.3 Å². The number of unbranched alkanes of at least 4 members (excludes halogenated alkanes) is 1. The highest BCUT2D eigenvalue weighted by atomic mass is 32.2. The van der Waals surface area contributed by atoms with Crippen LogP contribution in [0.4, 0.5) is 5.69 Å². The number of benzene rings is 2. The lowest BCUT2D eigenvalue weighted by atomic mass is 10.1. The molecule has 0 spiro atoms.